The Bertz CT molecular complexity index is 655. The third-order valence-electron chi connectivity index (χ3n) is 3.48. The van der Waals surface area contributed by atoms with Crippen LogP contribution < -0.4 is 11.2 Å². The smallest absolute Gasteiger partial charge is 0.351 e. The molecule has 2 heterocycles. The van der Waals surface area contributed by atoms with Gasteiger partial charge >= 0.3 is 11.7 Å². The molecule has 0 aliphatic carbocycles. The maximum atomic E-state index is 12.1. The van der Waals surface area contributed by atoms with E-state index in [9.17, 15) is 19.8 Å². The third kappa shape index (κ3) is 3.73. The van der Waals surface area contributed by atoms with Crippen molar-refractivity contribution < 1.29 is 29.7 Å². The normalized spacial score (nSPS) is 27.1. The molecule has 134 valence electrons. The summed E-state index contributed by atoms with van der Waals surface area (Å²) in [7, 11) is 0. The van der Waals surface area contributed by atoms with E-state index >= 15 is 0 Å². The van der Waals surface area contributed by atoms with Gasteiger partial charge < -0.3 is 24.9 Å². The van der Waals surface area contributed by atoms with Crippen LogP contribution in [0.1, 0.15) is 27.0 Å². The van der Waals surface area contributed by atoms with Crippen LogP contribution in [0.5, 0.6) is 0 Å². The minimum Gasteiger partial charge on any atom is -0.394 e. The second kappa shape index (κ2) is 6.85. The van der Waals surface area contributed by atoms with Crippen molar-refractivity contribution in [2.24, 2.45) is 5.41 Å². The Kier molecular flexibility index (Phi) is 5.23. The van der Waals surface area contributed by atoms with Gasteiger partial charge in [0.2, 0.25) is 0 Å². The predicted octanol–water partition coefficient (Wildman–Crippen LogP) is -1.23. The molecule has 0 radical (unpaired) electrons. The van der Waals surface area contributed by atoms with Crippen molar-refractivity contribution in [3.8, 4) is 0 Å². The number of aliphatic hydroxyl groups is 3. The Morgan fingerprint density at radius 3 is 2.58 bits per heavy atom. The zero-order valence-corrected chi connectivity index (χ0v) is 13.5. The standard InChI is InChI=1S/C14H21N3O7/c1-14(2,3)12(21)24-16-8-4-5-17(13(22)15-8)11-10(20)9(19)7(6-18)23-11/h4-5,7,9-11,18-20H,6H2,1-3H3,(H,15,16,22)/t7-,9-,10-,11-/m1/s1. The molecular weight excluding hydrogens is 322 g/mol. The number of nitrogens with one attached hydrogen (secondary N) is 1. The molecule has 1 aromatic heterocycles. The van der Waals surface area contributed by atoms with Gasteiger partial charge in [0.1, 0.15) is 18.3 Å². The summed E-state index contributed by atoms with van der Waals surface area (Å²) in [6, 6.07) is 1.34. The molecule has 1 aliphatic heterocycles. The summed E-state index contributed by atoms with van der Waals surface area (Å²) in [5.41, 5.74) is 0.770. The zero-order valence-electron chi connectivity index (χ0n) is 13.5. The molecule has 10 heteroatoms. The molecule has 0 bridgehead atoms. The lowest BCUT2D eigenvalue weighted by atomic mass is 9.98. The van der Waals surface area contributed by atoms with Crippen LogP contribution in [0.25, 0.3) is 0 Å². The van der Waals surface area contributed by atoms with Gasteiger partial charge in [-0.3, -0.25) is 4.57 Å². The fourth-order valence-electron chi connectivity index (χ4n) is 2.02. The molecule has 1 fully saturated rings. The number of rotatable bonds is 4. The van der Waals surface area contributed by atoms with Gasteiger partial charge in [0, 0.05) is 12.3 Å². The van der Waals surface area contributed by atoms with E-state index < -0.39 is 48.2 Å². The molecule has 0 aromatic carbocycles. The summed E-state index contributed by atoms with van der Waals surface area (Å²) < 4.78 is 6.22. The van der Waals surface area contributed by atoms with Crippen LogP contribution in [-0.4, -0.2) is 55.8 Å². The van der Waals surface area contributed by atoms with E-state index in [2.05, 4.69) is 10.5 Å². The number of carbonyl (C=O) groups excluding carboxylic acids is 1. The minimum atomic E-state index is -1.39. The number of aliphatic hydroxyl groups excluding tert-OH is 3. The number of hydrogen-bond donors (Lipinski definition) is 4. The van der Waals surface area contributed by atoms with E-state index in [1.165, 1.54) is 12.3 Å². The summed E-state index contributed by atoms with van der Waals surface area (Å²) in [6.07, 6.45) is -3.62. The summed E-state index contributed by atoms with van der Waals surface area (Å²) in [5.74, 6) is -0.530. The van der Waals surface area contributed by atoms with Crippen molar-refractivity contribution in [3.05, 3.63) is 22.7 Å². The topological polar surface area (TPSA) is 143 Å². The minimum absolute atomic E-state index is 0.000549. The fraction of sp³-hybridized carbons (Fsp3) is 0.643. The molecule has 2 rings (SSSR count). The van der Waals surface area contributed by atoms with E-state index in [1.807, 2.05) is 0 Å². The molecule has 0 amide bonds. The van der Waals surface area contributed by atoms with Crippen molar-refractivity contribution >= 4 is 11.8 Å². The summed E-state index contributed by atoms with van der Waals surface area (Å²) in [4.78, 5) is 32.2. The van der Waals surface area contributed by atoms with Gasteiger partial charge in [-0.25, -0.2) is 15.1 Å². The van der Waals surface area contributed by atoms with Gasteiger partial charge in [0.25, 0.3) is 0 Å². The Hall–Kier alpha value is -2.01. The van der Waals surface area contributed by atoms with E-state index in [0.29, 0.717) is 0 Å². The van der Waals surface area contributed by atoms with Crippen molar-refractivity contribution in [2.75, 3.05) is 12.1 Å². The van der Waals surface area contributed by atoms with Crippen LogP contribution in [0.15, 0.2) is 17.1 Å². The maximum absolute atomic E-state index is 12.1. The fourth-order valence-corrected chi connectivity index (χ4v) is 2.02. The van der Waals surface area contributed by atoms with Gasteiger partial charge in [-0.1, -0.05) is 0 Å². The van der Waals surface area contributed by atoms with E-state index in [4.69, 9.17) is 14.7 Å². The van der Waals surface area contributed by atoms with Crippen LogP contribution in [0, 0.1) is 5.41 Å². The average Bonchev–Trinajstić information content (AvgIpc) is 2.79. The molecule has 0 unspecified atom stereocenters. The molecule has 1 aromatic rings. The molecule has 0 spiro atoms. The first-order valence-corrected chi connectivity index (χ1v) is 7.34. The SMILES string of the molecule is CC(C)(C)C(=O)ONc1ccn([C@@H]2O[C@H](CO)[C@@H](O)[C@H]2O)c(=O)n1. The molecule has 4 N–H and O–H groups in total. The predicted molar refractivity (Wildman–Crippen MR) is 80.7 cm³/mol. The second-order valence-corrected chi connectivity index (χ2v) is 6.47. The monoisotopic (exact) mass is 343 g/mol. The van der Waals surface area contributed by atoms with Crippen LogP contribution >= 0.6 is 0 Å². The van der Waals surface area contributed by atoms with Gasteiger partial charge in [-0.05, 0) is 20.8 Å². The maximum Gasteiger partial charge on any atom is 0.351 e. The molecule has 10 nitrogen and oxygen atoms in total. The van der Waals surface area contributed by atoms with Crippen molar-refractivity contribution in [1.82, 2.24) is 9.55 Å². The summed E-state index contributed by atoms with van der Waals surface area (Å²) in [5, 5.41) is 28.7. The second-order valence-electron chi connectivity index (χ2n) is 6.47. The summed E-state index contributed by atoms with van der Waals surface area (Å²) >= 11 is 0. The zero-order chi connectivity index (χ0) is 18.1. The van der Waals surface area contributed by atoms with Crippen LogP contribution in [0.4, 0.5) is 5.82 Å². The van der Waals surface area contributed by atoms with Crippen molar-refractivity contribution in [1.29, 1.82) is 0 Å². The largest absolute Gasteiger partial charge is 0.394 e. The van der Waals surface area contributed by atoms with E-state index in [-0.39, 0.29) is 5.82 Å². The highest BCUT2D eigenvalue weighted by molar-refractivity contribution is 5.76. The van der Waals surface area contributed by atoms with E-state index in [0.717, 1.165) is 4.57 Å². The highest BCUT2D eigenvalue weighted by Gasteiger charge is 2.43. The lowest BCUT2D eigenvalue weighted by Crippen LogP contribution is -2.36. The molecule has 24 heavy (non-hydrogen) atoms. The summed E-state index contributed by atoms with van der Waals surface area (Å²) in [6.45, 7) is 4.51. The first kappa shape index (κ1) is 18.3. The van der Waals surface area contributed by atoms with Gasteiger partial charge in [0.15, 0.2) is 12.0 Å². The van der Waals surface area contributed by atoms with Crippen LogP contribution in [-0.2, 0) is 14.4 Å². The van der Waals surface area contributed by atoms with Crippen molar-refractivity contribution in [2.45, 2.75) is 45.3 Å². The molecule has 1 saturated heterocycles. The highest BCUT2D eigenvalue weighted by Crippen LogP contribution is 2.28. The van der Waals surface area contributed by atoms with Crippen molar-refractivity contribution in [3.63, 3.8) is 0 Å². The number of aromatic nitrogens is 2. The first-order chi connectivity index (χ1) is 11.1. The number of carbonyl (C=O) groups is 1. The van der Waals surface area contributed by atoms with Gasteiger partial charge in [-0.15, -0.1) is 0 Å². The third-order valence-corrected chi connectivity index (χ3v) is 3.48. The number of nitrogens with zero attached hydrogens (tertiary/aromatic N) is 2. The molecule has 1 aliphatic rings. The lowest BCUT2D eigenvalue weighted by molar-refractivity contribution is -0.149. The van der Waals surface area contributed by atoms with Crippen LogP contribution in [0.3, 0.4) is 0 Å². The quantitative estimate of drug-likeness (QED) is 0.494. The number of anilines is 1. The lowest BCUT2D eigenvalue weighted by Gasteiger charge is -2.18. The Balaban J connectivity index is 2.11. The van der Waals surface area contributed by atoms with Crippen LogP contribution in [0.2, 0.25) is 0 Å². The Labute approximate surface area is 137 Å². The molecule has 4 atom stereocenters. The van der Waals surface area contributed by atoms with E-state index in [1.54, 1.807) is 20.8 Å². The molecule has 0 saturated carbocycles. The van der Waals surface area contributed by atoms with Gasteiger partial charge in [-0.2, -0.15) is 4.98 Å². The number of ether oxygens (including phenoxy) is 1. The first-order valence-electron chi connectivity index (χ1n) is 7.34. The molecular formula is C14H21N3O7. The Morgan fingerprint density at radius 1 is 1.42 bits per heavy atom. The highest BCUT2D eigenvalue weighted by atomic mass is 16.7. The average molecular weight is 343 g/mol. The Morgan fingerprint density at radius 2 is 2.08 bits per heavy atom. The van der Waals surface area contributed by atoms with Gasteiger partial charge in [0.05, 0.1) is 12.0 Å². The number of hydrogen-bond acceptors (Lipinski definition) is 9.